The van der Waals surface area contributed by atoms with E-state index in [1.54, 1.807) is 0 Å². The van der Waals surface area contributed by atoms with Crippen LogP contribution in [0.25, 0.3) is 0 Å². The molecule has 1 aromatic heterocycles. The molecule has 1 unspecified atom stereocenters. The van der Waals surface area contributed by atoms with Crippen molar-refractivity contribution >= 4 is 17.0 Å². The molecule has 1 N–H and O–H groups in total. The van der Waals surface area contributed by atoms with Gasteiger partial charge in [0.25, 0.3) is 0 Å². The Morgan fingerprint density at radius 1 is 1.32 bits per heavy atom. The van der Waals surface area contributed by atoms with Gasteiger partial charge >= 0.3 is 0 Å². The number of hydrogen-bond acceptors (Lipinski definition) is 3. The minimum atomic E-state index is 0.472. The van der Waals surface area contributed by atoms with Crippen molar-refractivity contribution in [3.8, 4) is 0 Å². The molecule has 1 saturated carbocycles. The Morgan fingerprint density at radius 3 is 2.63 bits per heavy atom. The van der Waals surface area contributed by atoms with Crippen molar-refractivity contribution in [3.63, 3.8) is 0 Å². The first kappa shape index (κ1) is 12.7. The van der Waals surface area contributed by atoms with Gasteiger partial charge in [0.1, 0.15) is 0 Å². The fraction of sp³-hybridized carbons (Fsp3) is 0.438. The van der Waals surface area contributed by atoms with Crippen LogP contribution in [0.3, 0.4) is 0 Å². The van der Waals surface area contributed by atoms with Crippen molar-refractivity contribution < 1.29 is 0 Å². The molecule has 0 amide bonds. The fourth-order valence-corrected chi connectivity index (χ4v) is 3.45. The number of nitrogens with one attached hydrogen (secondary N) is 1. The summed E-state index contributed by atoms with van der Waals surface area (Å²) in [5, 5.41) is 6.92. The maximum Gasteiger partial charge on any atom is 0.0965 e. The van der Waals surface area contributed by atoms with Gasteiger partial charge in [-0.25, -0.2) is 4.98 Å². The third-order valence-corrected chi connectivity index (χ3v) is 4.91. The lowest BCUT2D eigenvalue weighted by Crippen LogP contribution is -2.00. The van der Waals surface area contributed by atoms with Gasteiger partial charge in [0.15, 0.2) is 0 Å². The Balaban J connectivity index is 1.60. The van der Waals surface area contributed by atoms with Crippen LogP contribution < -0.4 is 5.32 Å². The minimum Gasteiger partial charge on any atom is -0.379 e. The highest BCUT2D eigenvalue weighted by molar-refractivity contribution is 7.09. The van der Waals surface area contributed by atoms with E-state index in [4.69, 9.17) is 4.98 Å². The van der Waals surface area contributed by atoms with E-state index in [1.807, 2.05) is 11.3 Å². The van der Waals surface area contributed by atoms with Gasteiger partial charge in [-0.1, -0.05) is 31.5 Å². The maximum atomic E-state index is 4.76. The molecular weight excluding hydrogens is 252 g/mol. The van der Waals surface area contributed by atoms with E-state index in [9.17, 15) is 0 Å². The summed E-state index contributed by atoms with van der Waals surface area (Å²) in [7, 11) is 0. The molecule has 0 radical (unpaired) electrons. The Morgan fingerprint density at radius 2 is 2.00 bits per heavy atom. The maximum absolute atomic E-state index is 4.76. The summed E-state index contributed by atoms with van der Waals surface area (Å²) in [5.74, 6) is 0.686. The van der Waals surface area contributed by atoms with Crippen molar-refractivity contribution in [3.05, 3.63) is 45.9 Å². The van der Waals surface area contributed by atoms with Gasteiger partial charge in [0, 0.05) is 17.0 Å². The van der Waals surface area contributed by atoms with Gasteiger partial charge < -0.3 is 5.32 Å². The van der Waals surface area contributed by atoms with E-state index in [0.29, 0.717) is 11.3 Å². The highest BCUT2D eigenvalue weighted by Gasteiger charge is 2.48. The molecule has 1 heterocycles. The average Bonchev–Trinajstić information content (AvgIpc) is 2.83. The second-order valence-electron chi connectivity index (χ2n) is 6.14. The third kappa shape index (κ3) is 2.81. The molecular formula is C16H20N2S. The molecule has 1 aliphatic carbocycles. The first-order chi connectivity index (χ1) is 9.04. The number of aryl methyl sites for hydroxylation is 1. The Kier molecular flexibility index (Phi) is 3.09. The lowest BCUT2D eigenvalue weighted by Gasteiger charge is -2.04. The molecule has 3 heteroatoms. The topological polar surface area (TPSA) is 24.9 Å². The van der Waals surface area contributed by atoms with Crippen molar-refractivity contribution in [2.75, 3.05) is 5.32 Å². The van der Waals surface area contributed by atoms with Crippen LogP contribution >= 0.6 is 11.3 Å². The Labute approximate surface area is 118 Å². The Hall–Kier alpha value is -1.35. The van der Waals surface area contributed by atoms with Gasteiger partial charge in [-0.15, -0.1) is 11.3 Å². The highest BCUT2D eigenvalue weighted by Crippen LogP contribution is 2.59. The molecule has 2 nitrogen and oxygen atoms in total. The first-order valence-electron chi connectivity index (χ1n) is 6.79. The molecule has 100 valence electrons. The minimum absolute atomic E-state index is 0.472. The molecule has 0 saturated heterocycles. The number of hydrogen-bond donors (Lipinski definition) is 1. The predicted octanol–water partition coefficient (Wildman–Crippen LogP) is 4.58. The number of nitrogens with zero attached hydrogens (tertiary/aromatic N) is 1. The van der Waals surface area contributed by atoms with Crippen molar-refractivity contribution in [1.29, 1.82) is 0 Å². The lowest BCUT2D eigenvalue weighted by molar-refractivity contribution is 0.620. The number of aromatic nitrogens is 1. The van der Waals surface area contributed by atoms with E-state index >= 15 is 0 Å². The SMILES string of the molecule is Cc1ccc(NCc2csc(C3CC3(C)C)n2)cc1. The zero-order valence-electron chi connectivity index (χ0n) is 11.7. The van der Waals surface area contributed by atoms with Crippen LogP contribution in [-0.4, -0.2) is 4.98 Å². The second-order valence-corrected chi connectivity index (χ2v) is 7.03. The van der Waals surface area contributed by atoms with Crippen molar-refractivity contribution in [2.45, 2.75) is 39.7 Å². The van der Waals surface area contributed by atoms with Crippen LogP contribution in [0.5, 0.6) is 0 Å². The van der Waals surface area contributed by atoms with Gasteiger partial charge in [0.2, 0.25) is 0 Å². The monoisotopic (exact) mass is 272 g/mol. The smallest absolute Gasteiger partial charge is 0.0965 e. The predicted molar refractivity (Wildman–Crippen MR) is 81.8 cm³/mol. The zero-order valence-corrected chi connectivity index (χ0v) is 12.6. The van der Waals surface area contributed by atoms with Gasteiger partial charge in [-0.3, -0.25) is 0 Å². The summed E-state index contributed by atoms with van der Waals surface area (Å²) < 4.78 is 0. The molecule has 1 aliphatic rings. The molecule has 19 heavy (non-hydrogen) atoms. The average molecular weight is 272 g/mol. The van der Waals surface area contributed by atoms with Crippen LogP contribution in [0.1, 0.15) is 42.5 Å². The molecule has 1 atom stereocenters. The molecule has 2 aromatic rings. The third-order valence-electron chi connectivity index (χ3n) is 3.91. The number of anilines is 1. The molecule has 0 bridgehead atoms. The summed E-state index contributed by atoms with van der Waals surface area (Å²) in [6.07, 6.45) is 1.28. The van der Waals surface area contributed by atoms with E-state index in [0.717, 1.165) is 17.9 Å². The standard InChI is InChI=1S/C16H20N2S/c1-11-4-6-12(7-5-11)17-9-13-10-19-15(18-13)14-8-16(14,2)3/h4-7,10,14,17H,8-9H2,1-3H3. The summed E-state index contributed by atoms with van der Waals surface area (Å²) in [4.78, 5) is 4.76. The lowest BCUT2D eigenvalue weighted by atomic mass is 10.1. The highest BCUT2D eigenvalue weighted by atomic mass is 32.1. The van der Waals surface area contributed by atoms with E-state index in [1.165, 1.54) is 17.0 Å². The van der Waals surface area contributed by atoms with E-state index in [2.05, 4.69) is 55.7 Å². The van der Waals surface area contributed by atoms with Crippen LogP contribution in [0.4, 0.5) is 5.69 Å². The largest absolute Gasteiger partial charge is 0.379 e. The second kappa shape index (κ2) is 4.64. The number of benzene rings is 1. The summed E-state index contributed by atoms with van der Waals surface area (Å²) in [6.45, 7) is 7.56. The van der Waals surface area contributed by atoms with Gasteiger partial charge in [-0.2, -0.15) is 0 Å². The van der Waals surface area contributed by atoms with Gasteiger partial charge in [-0.05, 0) is 30.9 Å². The quantitative estimate of drug-likeness (QED) is 0.881. The molecule has 0 aliphatic heterocycles. The van der Waals surface area contributed by atoms with Crippen LogP contribution in [0, 0.1) is 12.3 Å². The van der Waals surface area contributed by atoms with Gasteiger partial charge in [0.05, 0.1) is 17.2 Å². The summed E-state index contributed by atoms with van der Waals surface area (Å²) >= 11 is 1.81. The molecule has 0 spiro atoms. The van der Waals surface area contributed by atoms with Crippen LogP contribution in [0.15, 0.2) is 29.6 Å². The molecule has 1 aromatic carbocycles. The van der Waals surface area contributed by atoms with Crippen LogP contribution in [-0.2, 0) is 6.54 Å². The first-order valence-corrected chi connectivity index (χ1v) is 7.67. The van der Waals surface area contributed by atoms with Crippen molar-refractivity contribution in [1.82, 2.24) is 4.98 Å². The molecule has 3 rings (SSSR count). The zero-order chi connectivity index (χ0) is 13.5. The summed E-state index contributed by atoms with van der Waals surface area (Å²) in [6, 6.07) is 8.49. The number of thiazole rings is 1. The normalized spacial score (nSPS) is 20.3. The fourth-order valence-electron chi connectivity index (χ4n) is 2.32. The van der Waals surface area contributed by atoms with Crippen LogP contribution in [0.2, 0.25) is 0 Å². The van der Waals surface area contributed by atoms with E-state index < -0.39 is 0 Å². The Bertz CT molecular complexity index is 569. The summed E-state index contributed by atoms with van der Waals surface area (Å²) in [5.41, 5.74) is 4.08. The molecule has 1 fully saturated rings. The van der Waals surface area contributed by atoms with E-state index in [-0.39, 0.29) is 0 Å². The number of rotatable bonds is 4. The van der Waals surface area contributed by atoms with Crippen molar-refractivity contribution in [2.24, 2.45) is 5.41 Å².